The van der Waals surface area contributed by atoms with Gasteiger partial charge < -0.3 is 9.72 Å². The first-order chi connectivity index (χ1) is 8.99. The highest BCUT2D eigenvalue weighted by atomic mass is 35.5. The zero-order valence-electron chi connectivity index (χ0n) is 10.2. The van der Waals surface area contributed by atoms with Crippen LogP contribution in [0, 0.1) is 5.92 Å². The van der Waals surface area contributed by atoms with Crippen molar-refractivity contribution < 1.29 is 13.2 Å². The molecule has 0 aromatic carbocycles. The van der Waals surface area contributed by atoms with Gasteiger partial charge in [0.15, 0.2) is 0 Å². The maximum atomic E-state index is 12.0. The lowest BCUT2D eigenvalue weighted by Crippen LogP contribution is -2.32. The van der Waals surface area contributed by atoms with Gasteiger partial charge in [0, 0.05) is 26.0 Å². The van der Waals surface area contributed by atoms with Crippen molar-refractivity contribution in [2.24, 2.45) is 5.92 Å². The Labute approximate surface area is 116 Å². The predicted molar refractivity (Wildman–Crippen MR) is 70.8 cm³/mol. The van der Waals surface area contributed by atoms with Crippen LogP contribution in [0.5, 0.6) is 0 Å². The fraction of sp³-hybridized carbons (Fsp3) is 0.545. The van der Waals surface area contributed by atoms with Gasteiger partial charge in [-0.2, -0.15) is 0 Å². The largest absolute Gasteiger partial charge is 0.381 e. The molecule has 0 aliphatic carbocycles. The van der Waals surface area contributed by atoms with E-state index in [-0.39, 0.29) is 15.8 Å². The Balaban J connectivity index is 2.04. The maximum Gasteiger partial charge on any atom is 0.266 e. The Kier molecular flexibility index (Phi) is 4.62. The first-order valence-electron chi connectivity index (χ1n) is 5.95. The zero-order chi connectivity index (χ0) is 13.9. The van der Waals surface area contributed by atoms with Gasteiger partial charge in [0.25, 0.3) is 5.56 Å². The molecule has 0 bridgehead atoms. The number of aromatic amines is 1. The summed E-state index contributed by atoms with van der Waals surface area (Å²) in [6.45, 7) is 1.69. The van der Waals surface area contributed by atoms with Crippen LogP contribution in [0.25, 0.3) is 0 Å². The summed E-state index contributed by atoms with van der Waals surface area (Å²) >= 11 is 5.62. The molecule has 0 unspecified atom stereocenters. The average molecular weight is 307 g/mol. The van der Waals surface area contributed by atoms with Crippen LogP contribution in [0.1, 0.15) is 12.8 Å². The minimum atomic E-state index is -3.64. The van der Waals surface area contributed by atoms with Gasteiger partial charge in [0.1, 0.15) is 5.02 Å². The molecule has 8 heteroatoms. The molecular weight excluding hydrogens is 292 g/mol. The normalized spacial score (nSPS) is 17.5. The van der Waals surface area contributed by atoms with Crippen LogP contribution in [0.15, 0.2) is 22.0 Å². The average Bonchev–Trinajstić information content (AvgIpc) is 2.41. The number of hydrogen-bond donors (Lipinski definition) is 2. The summed E-state index contributed by atoms with van der Waals surface area (Å²) in [4.78, 5) is 13.3. The van der Waals surface area contributed by atoms with Gasteiger partial charge in [-0.3, -0.25) is 4.79 Å². The SMILES string of the molecule is O=c1[nH]cc(S(=O)(=O)NCC2CCOCC2)cc1Cl. The highest BCUT2D eigenvalue weighted by Gasteiger charge is 2.19. The number of sulfonamides is 1. The Morgan fingerprint density at radius 2 is 2.11 bits per heavy atom. The van der Waals surface area contributed by atoms with Gasteiger partial charge in [0.05, 0.1) is 4.90 Å². The number of aromatic nitrogens is 1. The molecule has 2 heterocycles. The number of hydrogen-bond acceptors (Lipinski definition) is 4. The van der Waals surface area contributed by atoms with Crippen molar-refractivity contribution in [3.63, 3.8) is 0 Å². The summed E-state index contributed by atoms with van der Waals surface area (Å²) in [7, 11) is -3.64. The third-order valence-electron chi connectivity index (χ3n) is 3.04. The summed E-state index contributed by atoms with van der Waals surface area (Å²) in [5.74, 6) is 0.279. The molecule has 0 saturated carbocycles. The van der Waals surface area contributed by atoms with Crippen molar-refractivity contribution in [3.8, 4) is 0 Å². The van der Waals surface area contributed by atoms with E-state index in [4.69, 9.17) is 16.3 Å². The molecule has 1 aromatic rings. The predicted octanol–water partition coefficient (Wildman–Crippen LogP) is 0.733. The van der Waals surface area contributed by atoms with Crippen molar-refractivity contribution in [2.45, 2.75) is 17.7 Å². The molecule has 1 aromatic heterocycles. The van der Waals surface area contributed by atoms with E-state index in [9.17, 15) is 13.2 Å². The van der Waals surface area contributed by atoms with Crippen molar-refractivity contribution >= 4 is 21.6 Å². The molecule has 1 saturated heterocycles. The van der Waals surface area contributed by atoms with Crippen LogP contribution in [0.3, 0.4) is 0 Å². The first-order valence-corrected chi connectivity index (χ1v) is 7.81. The summed E-state index contributed by atoms with van der Waals surface area (Å²) in [5, 5.41) is -0.144. The Morgan fingerprint density at radius 3 is 2.74 bits per heavy atom. The van der Waals surface area contributed by atoms with Crippen LogP contribution < -0.4 is 10.3 Å². The lowest BCUT2D eigenvalue weighted by atomic mass is 10.0. The van der Waals surface area contributed by atoms with E-state index < -0.39 is 15.6 Å². The number of pyridine rings is 1. The summed E-state index contributed by atoms with van der Waals surface area (Å²) < 4.78 is 31.8. The van der Waals surface area contributed by atoms with Gasteiger partial charge >= 0.3 is 0 Å². The molecule has 2 rings (SSSR count). The molecule has 0 amide bonds. The number of halogens is 1. The zero-order valence-corrected chi connectivity index (χ0v) is 11.8. The number of rotatable bonds is 4. The smallest absolute Gasteiger partial charge is 0.266 e. The Bertz CT molecular complexity index is 593. The molecule has 0 atom stereocenters. The Hall–Kier alpha value is -0.890. The standard InChI is InChI=1S/C11H15ClN2O4S/c12-10-5-9(7-13-11(10)15)19(16,17)14-6-8-1-3-18-4-2-8/h5,7-8,14H,1-4,6H2,(H,13,15). The van der Waals surface area contributed by atoms with Gasteiger partial charge in [0.2, 0.25) is 10.0 Å². The van der Waals surface area contributed by atoms with E-state index in [0.717, 1.165) is 25.1 Å². The molecule has 0 radical (unpaired) electrons. The van der Waals surface area contributed by atoms with E-state index in [1.807, 2.05) is 0 Å². The topological polar surface area (TPSA) is 88.3 Å². The van der Waals surface area contributed by atoms with Crippen LogP contribution >= 0.6 is 11.6 Å². The molecule has 1 aliphatic heterocycles. The van der Waals surface area contributed by atoms with Crippen molar-refractivity contribution in [1.29, 1.82) is 0 Å². The fourth-order valence-corrected chi connectivity index (χ4v) is 3.20. The molecular formula is C11H15ClN2O4S. The van der Waals surface area contributed by atoms with Crippen LogP contribution in [0.4, 0.5) is 0 Å². The van der Waals surface area contributed by atoms with Crippen molar-refractivity contribution in [2.75, 3.05) is 19.8 Å². The molecule has 19 heavy (non-hydrogen) atoms. The van der Waals surface area contributed by atoms with E-state index in [1.54, 1.807) is 0 Å². The molecule has 6 nitrogen and oxygen atoms in total. The second kappa shape index (κ2) is 6.04. The minimum absolute atomic E-state index is 0.0378. The summed E-state index contributed by atoms with van der Waals surface area (Å²) in [6.07, 6.45) is 2.82. The number of ether oxygens (including phenoxy) is 1. The Morgan fingerprint density at radius 1 is 1.42 bits per heavy atom. The van der Waals surface area contributed by atoms with Gasteiger partial charge in [-0.1, -0.05) is 11.6 Å². The first kappa shape index (κ1) is 14.5. The van der Waals surface area contributed by atoms with Gasteiger partial charge in [-0.25, -0.2) is 13.1 Å². The van der Waals surface area contributed by atoms with Crippen molar-refractivity contribution in [3.05, 3.63) is 27.6 Å². The highest BCUT2D eigenvalue weighted by molar-refractivity contribution is 7.89. The second-order valence-electron chi connectivity index (χ2n) is 4.42. The van der Waals surface area contributed by atoms with Gasteiger partial charge in [-0.05, 0) is 24.8 Å². The third kappa shape index (κ3) is 3.79. The number of nitrogens with one attached hydrogen (secondary N) is 2. The fourth-order valence-electron chi connectivity index (χ4n) is 1.85. The second-order valence-corrected chi connectivity index (χ2v) is 6.59. The molecule has 0 spiro atoms. The van der Waals surface area contributed by atoms with Crippen LogP contribution in [-0.4, -0.2) is 33.2 Å². The summed E-state index contributed by atoms with van der Waals surface area (Å²) in [6, 6.07) is 1.15. The van der Waals surface area contributed by atoms with E-state index in [2.05, 4.69) is 9.71 Å². The van der Waals surface area contributed by atoms with Gasteiger partial charge in [-0.15, -0.1) is 0 Å². The molecule has 106 valence electrons. The van der Waals surface area contributed by atoms with Crippen LogP contribution in [0.2, 0.25) is 5.02 Å². The van der Waals surface area contributed by atoms with E-state index in [1.165, 1.54) is 0 Å². The lowest BCUT2D eigenvalue weighted by Gasteiger charge is -2.22. The van der Waals surface area contributed by atoms with Crippen LogP contribution in [-0.2, 0) is 14.8 Å². The quantitative estimate of drug-likeness (QED) is 0.858. The third-order valence-corrected chi connectivity index (χ3v) is 4.73. The monoisotopic (exact) mass is 306 g/mol. The minimum Gasteiger partial charge on any atom is -0.381 e. The lowest BCUT2D eigenvalue weighted by molar-refractivity contribution is 0.0678. The molecule has 1 fully saturated rings. The number of H-pyrrole nitrogens is 1. The van der Waals surface area contributed by atoms with E-state index in [0.29, 0.717) is 19.8 Å². The molecule has 2 N–H and O–H groups in total. The highest BCUT2D eigenvalue weighted by Crippen LogP contribution is 2.15. The van der Waals surface area contributed by atoms with E-state index >= 15 is 0 Å². The summed E-state index contributed by atoms with van der Waals surface area (Å²) in [5.41, 5.74) is -0.509. The molecule has 1 aliphatic rings. The van der Waals surface area contributed by atoms with Crippen molar-refractivity contribution in [1.82, 2.24) is 9.71 Å². The maximum absolute atomic E-state index is 12.0.